The number of urea groups is 1. The number of nitrogens with zero attached hydrogens (tertiary/aromatic N) is 1. The number of ether oxygens (including phenoxy) is 1. The van der Waals surface area contributed by atoms with Gasteiger partial charge in [-0.25, -0.2) is 4.79 Å². The molecule has 0 spiro atoms. The first-order valence-corrected chi connectivity index (χ1v) is 9.51. The lowest BCUT2D eigenvalue weighted by Gasteiger charge is -2.22. The average molecular weight is 450 g/mol. The molecule has 2 aromatic carbocycles. The Morgan fingerprint density at radius 3 is 2.31 bits per heavy atom. The predicted molar refractivity (Wildman–Crippen MR) is 110 cm³/mol. The maximum atomic E-state index is 13.0. The Morgan fingerprint density at radius 2 is 1.72 bits per heavy atom. The Hall–Kier alpha value is -3.76. The number of benzene rings is 2. The van der Waals surface area contributed by atoms with E-state index in [1.54, 1.807) is 24.3 Å². The molecule has 170 valence electrons. The number of rotatable bonds is 7. The van der Waals surface area contributed by atoms with Crippen LogP contribution in [0.4, 0.5) is 29.3 Å². The summed E-state index contributed by atoms with van der Waals surface area (Å²) >= 11 is 0. The van der Waals surface area contributed by atoms with Crippen molar-refractivity contribution in [1.29, 1.82) is 0 Å². The van der Waals surface area contributed by atoms with E-state index in [0.717, 1.165) is 4.90 Å². The maximum absolute atomic E-state index is 13.0. The molecule has 3 rings (SSSR count). The lowest BCUT2D eigenvalue weighted by Crippen LogP contribution is -2.42. The van der Waals surface area contributed by atoms with Gasteiger partial charge in [-0.2, -0.15) is 13.2 Å². The number of hydrogen-bond acceptors (Lipinski definition) is 5. The van der Waals surface area contributed by atoms with E-state index in [2.05, 4.69) is 16.0 Å². The number of amides is 4. The van der Waals surface area contributed by atoms with E-state index in [1.807, 2.05) is 0 Å². The summed E-state index contributed by atoms with van der Waals surface area (Å²) in [6, 6.07) is 11.6. The van der Waals surface area contributed by atoms with E-state index in [9.17, 15) is 27.6 Å². The lowest BCUT2D eigenvalue weighted by atomic mass is 9.92. The fourth-order valence-corrected chi connectivity index (χ4v) is 3.24. The molecule has 1 unspecified atom stereocenters. The second kappa shape index (κ2) is 8.77. The van der Waals surface area contributed by atoms with Crippen molar-refractivity contribution in [3.63, 3.8) is 0 Å². The number of carbonyl (C=O) groups is 3. The molecule has 1 heterocycles. The zero-order valence-corrected chi connectivity index (χ0v) is 17.2. The van der Waals surface area contributed by atoms with Crippen LogP contribution >= 0.6 is 0 Å². The van der Waals surface area contributed by atoms with Crippen molar-refractivity contribution < 1.29 is 32.3 Å². The fourth-order valence-electron chi connectivity index (χ4n) is 3.24. The van der Waals surface area contributed by atoms with Crippen molar-refractivity contribution in [1.82, 2.24) is 10.2 Å². The van der Waals surface area contributed by atoms with E-state index in [4.69, 9.17) is 4.74 Å². The van der Waals surface area contributed by atoms with Crippen LogP contribution in [0.1, 0.15) is 12.5 Å². The summed E-state index contributed by atoms with van der Waals surface area (Å²) in [5.74, 6) is -0.803. The Labute approximate surface area is 181 Å². The highest BCUT2D eigenvalue weighted by atomic mass is 19.4. The summed E-state index contributed by atoms with van der Waals surface area (Å²) in [7, 11) is 1.50. The first-order chi connectivity index (χ1) is 15.0. The second-order valence-electron chi connectivity index (χ2n) is 7.24. The average Bonchev–Trinajstić information content (AvgIpc) is 2.96. The van der Waals surface area contributed by atoms with Gasteiger partial charge in [-0.05, 0) is 36.8 Å². The zero-order chi connectivity index (χ0) is 23.5. The third kappa shape index (κ3) is 4.93. The van der Waals surface area contributed by atoms with Gasteiger partial charge < -0.3 is 20.7 Å². The second-order valence-corrected chi connectivity index (χ2v) is 7.24. The van der Waals surface area contributed by atoms with Gasteiger partial charge >= 0.3 is 12.2 Å². The molecule has 1 aliphatic heterocycles. The van der Waals surface area contributed by atoms with Crippen LogP contribution in [0, 0.1) is 0 Å². The summed E-state index contributed by atoms with van der Waals surface area (Å²) in [5, 5.41) is 7.22. The minimum Gasteiger partial charge on any atom is -0.497 e. The van der Waals surface area contributed by atoms with Crippen molar-refractivity contribution in [2.75, 3.05) is 30.8 Å². The van der Waals surface area contributed by atoms with Crippen LogP contribution in [0.5, 0.6) is 5.75 Å². The van der Waals surface area contributed by atoms with Crippen LogP contribution in [0.25, 0.3) is 0 Å². The van der Waals surface area contributed by atoms with E-state index in [-0.39, 0.29) is 11.4 Å². The first-order valence-electron chi connectivity index (χ1n) is 9.51. The van der Waals surface area contributed by atoms with Gasteiger partial charge in [0, 0.05) is 0 Å². The Balaban J connectivity index is 1.70. The summed E-state index contributed by atoms with van der Waals surface area (Å²) in [4.78, 5) is 38.6. The normalized spacial score (nSPS) is 18.3. The van der Waals surface area contributed by atoms with Gasteiger partial charge in [0.15, 0.2) is 0 Å². The summed E-state index contributed by atoms with van der Waals surface area (Å²) in [5.41, 5.74) is -0.734. The topological polar surface area (TPSA) is 99.8 Å². The number of imide groups is 1. The minimum atomic E-state index is -4.44. The standard InChI is InChI=1S/C21H21F3N4O4/c1-20(13-7-9-14(32-2)10-8-13)18(30)28(19(31)27-20)11-17(29)26-16-6-4-3-5-15(16)25-12-21(22,23)24/h3-10,25H,11-12H2,1-2H3,(H,26,29)(H,27,31). The smallest absolute Gasteiger partial charge is 0.405 e. The molecule has 3 N–H and O–H groups in total. The molecule has 0 bridgehead atoms. The predicted octanol–water partition coefficient (Wildman–Crippen LogP) is 3.08. The van der Waals surface area contributed by atoms with E-state index < -0.39 is 42.7 Å². The van der Waals surface area contributed by atoms with Gasteiger partial charge in [0.25, 0.3) is 5.91 Å². The summed E-state index contributed by atoms with van der Waals surface area (Å²) in [6.45, 7) is -0.375. The van der Waals surface area contributed by atoms with Gasteiger partial charge in [0.1, 0.15) is 24.4 Å². The largest absolute Gasteiger partial charge is 0.497 e. The summed E-state index contributed by atoms with van der Waals surface area (Å²) in [6.07, 6.45) is -4.44. The van der Waals surface area contributed by atoms with Gasteiger partial charge in [-0.3, -0.25) is 14.5 Å². The Bertz CT molecular complexity index is 1030. The van der Waals surface area contributed by atoms with Crippen molar-refractivity contribution in [3.05, 3.63) is 54.1 Å². The zero-order valence-electron chi connectivity index (χ0n) is 17.2. The van der Waals surface area contributed by atoms with Crippen LogP contribution in [0.3, 0.4) is 0 Å². The quantitative estimate of drug-likeness (QED) is 0.563. The Kier molecular flexibility index (Phi) is 6.28. The molecule has 1 saturated heterocycles. The maximum Gasteiger partial charge on any atom is 0.405 e. The number of alkyl halides is 3. The molecule has 32 heavy (non-hydrogen) atoms. The van der Waals surface area contributed by atoms with Gasteiger partial charge in [0.05, 0.1) is 18.5 Å². The van der Waals surface area contributed by atoms with Crippen molar-refractivity contribution in [2.45, 2.75) is 18.6 Å². The number of nitrogens with one attached hydrogen (secondary N) is 3. The molecule has 8 nitrogen and oxygen atoms in total. The monoisotopic (exact) mass is 450 g/mol. The minimum absolute atomic E-state index is 0.0541. The molecule has 1 aliphatic rings. The molecule has 0 aliphatic carbocycles. The lowest BCUT2D eigenvalue weighted by molar-refractivity contribution is -0.133. The number of para-hydroxylation sites is 2. The van der Waals surface area contributed by atoms with E-state index in [0.29, 0.717) is 11.3 Å². The van der Waals surface area contributed by atoms with Crippen molar-refractivity contribution in [2.24, 2.45) is 0 Å². The third-order valence-electron chi connectivity index (χ3n) is 4.92. The fraction of sp³-hybridized carbons (Fsp3) is 0.286. The SMILES string of the molecule is COc1ccc(C2(C)NC(=O)N(CC(=O)Nc3ccccc3NCC(F)(F)F)C2=O)cc1. The van der Waals surface area contributed by atoms with E-state index >= 15 is 0 Å². The molecule has 0 radical (unpaired) electrons. The number of halogens is 3. The molecule has 4 amide bonds. The number of hydrogen-bond donors (Lipinski definition) is 3. The molecule has 11 heteroatoms. The number of anilines is 2. The third-order valence-corrected chi connectivity index (χ3v) is 4.92. The van der Waals surface area contributed by atoms with E-state index in [1.165, 1.54) is 38.3 Å². The highest BCUT2D eigenvalue weighted by Gasteiger charge is 2.49. The molecule has 2 aromatic rings. The van der Waals surface area contributed by atoms with Gasteiger partial charge in [-0.1, -0.05) is 24.3 Å². The molecular weight excluding hydrogens is 429 g/mol. The highest BCUT2D eigenvalue weighted by molar-refractivity contribution is 6.10. The molecule has 0 saturated carbocycles. The van der Waals surface area contributed by atoms with Crippen molar-refractivity contribution in [3.8, 4) is 5.75 Å². The van der Waals surface area contributed by atoms with Crippen LogP contribution < -0.4 is 20.7 Å². The highest BCUT2D eigenvalue weighted by Crippen LogP contribution is 2.30. The molecule has 1 atom stereocenters. The number of methoxy groups -OCH3 is 1. The molecule has 1 fully saturated rings. The molecule has 0 aromatic heterocycles. The van der Waals surface area contributed by atoms with Gasteiger partial charge in [0.2, 0.25) is 5.91 Å². The molecular formula is C21H21F3N4O4. The first kappa shape index (κ1) is 22.9. The van der Waals surface area contributed by atoms with Crippen LogP contribution in [0.15, 0.2) is 48.5 Å². The number of carbonyl (C=O) groups excluding carboxylic acids is 3. The Morgan fingerprint density at radius 1 is 1.09 bits per heavy atom. The van der Waals surface area contributed by atoms with Crippen molar-refractivity contribution >= 4 is 29.2 Å². The van der Waals surface area contributed by atoms with Crippen LogP contribution in [-0.2, 0) is 15.1 Å². The van der Waals surface area contributed by atoms with Crippen LogP contribution in [-0.4, -0.2) is 49.1 Å². The van der Waals surface area contributed by atoms with Crippen LogP contribution in [0.2, 0.25) is 0 Å². The van der Waals surface area contributed by atoms with Gasteiger partial charge in [-0.15, -0.1) is 0 Å². The summed E-state index contributed by atoms with van der Waals surface area (Å²) < 4.78 is 42.6.